The molecule has 1 fully saturated rings. The number of carbonyl (C=O) groups excluding carboxylic acids is 2. The molecule has 0 N–H and O–H groups in total. The van der Waals surface area contributed by atoms with Crippen molar-refractivity contribution in [2.45, 2.75) is 52.0 Å². The van der Waals surface area contributed by atoms with Crippen LogP contribution >= 0.6 is 0 Å². The Hall–Kier alpha value is -2.30. The van der Waals surface area contributed by atoms with E-state index in [0.717, 1.165) is 37.0 Å². The van der Waals surface area contributed by atoms with Crippen LogP contribution < -0.4 is 4.74 Å². The highest BCUT2D eigenvalue weighted by atomic mass is 16.5. The van der Waals surface area contributed by atoms with Crippen molar-refractivity contribution in [3.05, 3.63) is 35.9 Å². The predicted octanol–water partition coefficient (Wildman–Crippen LogP) is 4.07. The zero-order chi connectivity index (χ0) is 19.6. The molecule has 27 heavy (non-hydrogen) atoms. The van der Waals surface area contributed by atoms with Crippen LogP contribution in [0.2, 0.25) is 0 Å². The number of hydrogen-bond donors (Lipinski definition) is 0. The van der Waals surface area contributed by atoms with E-state index in [2.05, 4.69) is 0 Å². The Morgan fingerprint density at radius 2 is 1.85 bits per heavy atom. The van der Waals surface area contributed by atoms with Crippen LogP contribution in [0.25, 0.3) is 6.08 Å². The number of benzene rings is 1. The number of ether oxygens (including phenoxy) is 2. The molecule has 1 saturated carbocycles. The zero-order valence-electron chi connectivity index (χ0n) is 16.6. The topological polar surface area (TPSA) is 55.8 Å². The van der Waals surface area contributed by atoms with E-state index >= 15 is 0 Å². The summed E-state index contributed by atoms with van der Waals surface area (Å²) >= 11 is 0. The van der Waals surface area contributed by atoms with E-state index in [0.29, 0.717) is 13.2 Å². The van der Waals surface area contributed by atoms with Gasteiger partial charge in [0.05, 0.1) is 19.6 Å². The van der Waals surface area contributed by atoms with Crippen LogP contribution in [-0.4, -0.2) is 43.1 Å². The Bertz CT molecular complexity index is 632. The van der Waals surface area contributed by atoms with Crippen molar-refractivity contribution in [2.75, 3.05) is 20.3 Å². The monoisotopic (exact) mass is 373 g/mol. The Morgan fingerprint density at radius 3 is 2.44 bits per heavy atom. The molecular formula is C22H31NO4. The first-order valence-corrected chi connectivity index (χ1v) is 9.84. The van der Waals surface area contributed by atoms with Gasteiger partial charge in [0.25, 0.3) is 0 Å². The van der Waals surface area contributed by atoms with Gasteiger partial charge >= 0.3 is 5.97 Å². The van der Waals surface area contributed by atoms with Crippen molar-refractivity contribution in [2.24, 2.45) is 5.92 Å². The Labute approximate surface area is 162 Å². The summed E-state index contributed by atoms with van der Waals surface area (Å²) in [6, 6.07) is 7.84. The maximum Gasteiger partial charge on any atom is 0.310 e. The number of rotatable bonds is 8. The summed E-state index contributed by atoms with van der Waals surface area (Å²) in [5.41, 5.74) is 0.941. The second-order valence-electron chi connectivity index (χ2n) is 7.04. The molecule has 1 amide bonds. The van der Waals surface area contributed by atoms with Gasteiger partial charge in [-0.25, -0.2) is 0 Å². The largest absolute Gasteiger partial charge is 0.494 e. The average Bonchev–Trinajstić information content (AvgIpc) is 2.71. The lowest BCUT2D eigenvalue weighted by atomic mass is 9.93. The van der Waals surface area contributed by atoms with Crippen molar-refractivity contribution in [1.29, 1.82) is 0 Å². The molecule has 1 aliphatic carbocycles. The highest BCUT2D eigenvalue weighted by Crippen LogP contribution is 2.24. The van der Waals surface area contributed by atoms with Gasteiger partial charge in [0, 0.05) is 18.7 Å². The number of carbonyl (C=O) groups is 2. The minimum absolute atomic E-state index is 0.0495. The first kappa shape index (κ1) is 21.0. The fourth-order valence-electron chi connectivity index (χ4n) is 3.49. The van der Waals surface area contributed by atoms with Gasteiger partial charge < -0.3 is 14.4 Å². The smallest absolute Gasteiger partial charge is 0.310 e. The molecule has 1 atom stereocenters. The summed E-state index contributed by atoms with van der Waals surface area (Å²) in [5, 5.41) is 0. The number of hydrogen-bond acceptors (Lipinski definition) is 4. The van der Waals surface area contributed by atoms with Gasteiger partial charge in [-0.2, -0.15) is 0 Å². The molecule has 5 nitrogen and oxygen atoms in total. The third kappa shape index (κ3) is 6.42. The van der Waals surface area contributed by atoms with E-state index in [1.807, 2.05) is 49.1 Å². The van der Waals surface area contributed by atoms with Crippen LogP contribution in [-0.2, 0) is 14.3 Å². The molecule has 0 saturated heterocycles. The highest BCUT2D eigenvalue weighted by molar-refractivity contribution is 5.92. The fraction of sp³-hybridized carbons (Fsp3) is 0.545. The van der Waals surface area contributed by atoms with E-state index in [-0.39, 0.29) is 23.8 Å². The van der Waals surface area contributed by atoms with E-state index < -0.39 is 0 Å². The fourth-order valence-corrected chi connectivity index (χ4v) is 3.49. The molecule has 0 radical (unpaired) electrons. The quantitative estimate of drug-likeness (QED) is 0.509. The van der Waals surface area contributed by atoms with Crippen molar-refractivity contribution in [3.63, 3.8) is 0 Å². The van der Waals surface area contributed by atoms with Crippen LogP contribution in [0.4, 0.5) is 0 Å². The SMILES string of the molecule is CCOc1ccc(/C=C/C(=O)N(CC(C)C(=O)OC)C2CCCCC2)cc1. The lowest BCUT2D eigenvalue weighted by molar-refractivity contribution is -0.146. The van der Waals surface area contributed by atoms with Crippen LogP contribution in [0.15, 0.2) is 30.3 Å². The van der Waals surface area contributed by atoms with Gasteiger partial charge in [-0.1, -0.05) is 38.3 Å². The highest BCUT2D eigenvalue weighted by Gasteiger charge is 2.27. The van der Waals surface area contributed by atoms with Crippen LogP contribution in [0.1, 0.15) is 51.5 Å². The zero-order valence-corrected chi connectivity index (χ0v) is 16.6. The van der Waals surface area contributed by atoms with Crippen molar-refractivity contribution < 1.29 is 19.1 Å². The molecule has 0 bridgehead atoms. The van der Waals surface area contributed by atoms with Gasteiger partial charge in [-0.15, -0.1) is 0 Å². The maximum absolute atomic E-state index is 12.9. The molecule has 0 heterocycles. The molecule has 0 aliphatic heterocycles. The number of nitrogens with zero attached hydrogens (tertiary/aromatic N) is 1. The van der Waals surface area contributed by atoms with Gasteiger partial charge in [0.15, 0.2) is 0 Å². The van der Waals surface area contributed by atoms with Crippen LogP contribution in [0.3, 0.4) is 0 Å². The standard InChI is InChI=1S/C22H31NO4/c1-4-27-20-13-10-18(11-14-20)12-15-21(24)23(16-17(2)22(25)26-3)19-8-6-5-7-9-19/h10-15,17,19H,4-9,16H2,1-3H3/b15-12+. The van der Waals surface area contributed by atoms with Crippen molar-refractivity contribution in [1.82, 2.24) is 4.90 Å². The third-order valence-electron chi connectivity index (χ3n) is 4.98. The second kappa shape index (κ2) is 10.8. The van der Waals surface area contributed by atoms with Gasteiger partial charge in [0.2, 0.25) is 5.91 Å². The molecule has 1 aliphatic rings. The molecule has 5 heteroatoms. The Morgan fingerprint density at radius 1 is 1.19 bits per heavy atom. The van der Waals surface area contributed by atoms with Crippen molar-refractivity contribution >= 4 is 18.0 Å². The van der Waals surface area contributed by atoms with E-state index in [9.17, 15) is 9.59 Å². The number of methoxy groups -OCH3 is 1. The maximum atomic E-state index is 12.9. The molecule has 1 aromatic carbocycles. The summed E-state index contributed by atoms with van der Waals surface area (Å²) in [5.74, 6) is 0.155. The molecule has 1 unspecified atom stereocenters. The second-order valence-corrected chi connectivity index (χ2v) is 7.04. The minimum atomic E-state index is -0.334. The van der Waals surface area contributed by atoms with E-state index in [1.54, 1.807) is 6.08 Å². The van der Waals surface area contributed by atoms with Gasteiger partial charge in [-0.3, -0.25) is 9.59 Å². The summed E-state index contributed by atoms with van der Waals surface area (Å²) in [6.45, 7) is 4.78. The predicted molar refractivity (Wildman–Crippen MR) is 106 cm³/mol. The Balaban J connectivity index is 2.08. The van der Waals surface area contributed by atoms with E-state index in [1.165, 1.54) is 13.5 Å². The lowest BCUT2D eigenvalue weighted by Gasteiger charge is -2.35. The van der Waals surface area contributed by atoms with Crippen LogP contribution in [0.5, 0.6) is 5.75 Å². The Kier molecular flexibility index (Phi) is 8.37. The third-order valence-corrected chi connectivity index (χ3v) is 4.98. The van der Waals surface area contributed by atoms with Gasteiger partial charge in [-0.05, 0) is 43.5 Å². The number of esters is 1. The number of amides is 1. The first-order valence-electron chi connectivity index (χ1n) is 9.84. The summed E-state index contributed by atoms with van der Waals surface area (Å²) in [6.07, 6.45) is 8.89. The summed E-state index contributed by atoms with van der Waals surface area (Å²) < 4.78 is 10.3. The van der Waals surface area contributed by atoms with Crippen molar-refractivity contribution in [3.8, 4) is 5.75 Å². The normalized spacial score (nSPS) is 16.1. The molecule has 0 aromatic heterocycles. The molecule has 0 spiro atoms. The molecule has 148 valence electrons. The van der Waals surface area contributed by atoms with Gasteiger partial charge in [0.1, 0.15) is 5.75 Å². The minimum Gasteiger partial charge on any atom is -0.494 e. The first-order chi connectivity index (χ1) is 13.0. The molecule has 1 aromatic rings. The summed E-state index contributed by atoms with van der Waals surface area (Å²) in [4.78, 5) is 26.6. The van der Waals surface area contributed by atoms with Crippen LogP contribution in [0, 0.1) is 5.92 Å². The average molecular weight is 373 g/mol. The molecule has 2 rings (SSSR count). The summed E-state index contributed by atoms with van der Waals surface area (Å²) in [7, 11) is 1.39. The molecular weight excluding hydrogens is 342 g/mol. The lowest BCUT2D eigenvalue weighted by Crippen LogP contribution is -2.44. The van der Waals surface area contributed by atoms with E-state index in [4.69, 9.17) is 9.47 Å².